The predicted octanol–water partition coefficient (Wildman–Crippen LogP) is 3.78. The SMILES string of the molecule is CNC(c1ccc(C)o1)c1cc2cc(F)ccc2o1. The van der Waals surface area contributed by atoms with E-state index in [2.05, 4.69) is 5.32 Å². The molecule has 0 amide bonds. The highest BCUT2D eigenvalue weighted by atomic mass is 19.1. The number of hydrogen-bond donors (Lipinski definition) is 1. The lowest BCUT2D eigenvalue weighted by Crippen LogP contribution is -2.16. The number of halogens is 1. The first-order chi connectivity index (χ1) is 9.17. The van der Waals surface area contributed by atoms with Crippen LogP contribution in [0.4, 0.5) is 4.39 Å². The maximum absolute atomic E-state index is 13.2. The third-order valence-electron chi connectivity index (χ3n) is 3.12. The molecule has 19 heavy (non-hydrogen) atoms. The van der Waals surface area contributed by atoms with Gasteiger partial charge >= 0.3 is 0 Å². The van der Waals surface area contributed by atoms with E-state index in [0.29, 0.717) is 11.3 Å². The summed E-state index contributed by atoms with van der Waals surface area (Å²) in [5.74, 6) is 2.06. The molecule has 0 fully saturated rings. The molecule has 0 saturated heterocycles. The van der Waals surface area contributed by atoms with Crippen LogP contribution in [0.15, 0.2) is 45.2 Å². The summed E-state index contributed by atoms with van der Waals surface area (Å²) in [6.07, 6.45) is 0. The summed E-state index contributed by atoms with van der Waals surface area (Å²) in [6.45, 7) is 1.89. The molecule has 4 heteroatoms. The van der Waals surface area contributed by atoms with Crippen LogP contribution in [-0.2, 0) is 0 Å². The third-order valence-corrected chi connectivity index (χ3v) is 3.12. The van der Waals surface area contributed by atoms with Gasteiger partial charge in [-0.05, 0) is 50.4 Å². The quantitative estimate of drug-likeness (QED) is 0.777. The maximum Gasteiger partial charge on any atom is 0.134 e. The number of furan rings is 2. The monoisotopic (exact) mass is 259 g/mol. The largest absolute Gasteiger partial charge is 0.464 e. The number of rotatable bonds is 3. The smallest absolute Gasteiger partial charge is 0.134 e. The van der Waals surface area contributed by atoms with E-state index >= 15 is 0 Å². The molecule has 1 unspecified atom stereocenters. The van der Waals surface area contributed by atoms with Crippen LogP contribution in [0.3, 0.4) is 0 Å². The second kappa shape index (κ2) is 4.55. The summed E-state index contributed by atoms with van der Waals surface area (Å²) in [7, 11) is 1.83. The molecule has 0 aliphatic heterocycles. The molecule has 0 spiro atoms. The van der Waals surface area contributed by atoms with Gasteiger partial charge in [0.25, 0.3) is 0 Å². The molecule has 0 aliphatic rings. The molecular formula is C15H14FNO2. The minimum Gasteiger partial charge on any atom is -0.464 e. The van der Waals surface area contributed by atoms with E-state index in [1.807, 2.05) is 32.2 Å². The molecule has 1 atom stereocenters. The molecular weight excluding hydrogens is 245 g/mol. The van der Waals surface area contributed by atoms with Crippen molar-refractivity contribution in [1.82, 2.24) is 5.32 Å². The van der Waals surface area contributed by atoms with Crippen molar-refractivity contribution >= 4 is 11.0 Å². The van der Waals surface area contributed by atoms with E-state index in [-0.39, 0.29) is 11.9 Å². The van der Waals surface area contributed by atoms with Gasteiger partial charge in [-0.2, -0.15) is 0 Å². The summed E-state index contributed by atoms with van der Waals surface area (Å²) in [5, 5.41) is 3.89. The fourth-order valence-electron chi connectivity index (χ4n) is 2.21. The Morgan fingerprint density at radius 1 is 1.05 bits per heavy atom. The molecule has 3 rings (SSSR count). The number of benzene rings is 1. The van der Waals surface area contributed by atoms with Gasteiger partial charge in [-0.25, -0.2) is 4.39 Å². The van der Waals surface area contributed by atoms with Crippen molar-refractivity contribution in [2.24, 2.45) is 0 Å². The Balaban J connectivity index is 2.06. The van der Waals surface area contributed by atoms with Crippen LogP contribution in [0, 0.1) is 12.7 Å². The molecule has 2 heterocycles. The van der Waals surface area contributed by atoms with Gasteiger partial charge in [0.1, 0.15) is 34.7 Å². The molecule has 0 radical (unpaired) electrons. The van der Waals surface area contributed by atoms with Gasteiger partial charge in [-0.15, -0.1) is 0 Å². The van der Waals surface area contributed by atoms with Crippen molar-refractivity contribution in [3.8, 4) is 0 Å². The van der Waals surface area contributed by atoms with E-state index < -0.39 is 0 Å². The summed E-state index contributed by atoms with van der Waals surface area (Å²) < 4.78 is 24.5. The first kappa shape index (κ1) is 12.0. The lowest BCUT2D eigenvalue weighted by molar-refractivity contribution is 0.404. The number of hydrogen-bond acceptors (Lipinski definition) is 3. The minimum absolute atomic E-state index is 0.177. The molecule has 0 bridgehead atoms. The highest BCUT2D eigenvalue weighted by Crippen LogP contribution is 2.29. The van der Waals surface area contributed by atoms with E-state index in [9.17, 15) is 4.39 Å². The Morgan fingerprint density at radius 3 is 2.58 bits per heavy atom. The number of nitrogens with one attached hydrogen (secondary N) is 1. The van der Waals surface area contributed by atoms with Gasteiger partial charge < -0.3 is 14.2 Å². The van der Waals surface area contributed by atoms with Gasteiger partial charge in [0.2, 0.25) is 0 Å². The maximum atomic E-state index is 13.2. The predicted molar refractivity (Wildman–Crippen MR) is 70.5 cm³/mol. The van der Waals surface area contributed by atoms with E-state index in [0.717, 1.165) is 16.9 Å². The van der Waals surface area contributed by atoms with Crippen molar-refractivity contribution in [2.45, 2.75) is 13.0 Å². The van der Waals surface area contributed by atoms with Crippen LogP contribution in [0.25, 0.3) is 11.0 Å². The Labute approximate surface area is 110 Å². The first-order valence-corrected chi connectivity index (χ1v) is 6.10. The lowest BCUT2D eigenvalue weighted by atomic mass is 10.1. The Bertz CT molecular complexity index is 714. The molecule has 1 aromatic carbocycles. The van der Waals surface area contributed by atoms with E-state index in [1.165, 1.54) is 12.1 Å². The summed E-state index contributed by atoms with van der Waals surface area (Å²) >= 11 is 0. The van der Waals surface area contributed by atoms with Crippen molar-refractivity contribution in [3.05, 3.63) is 59.5 Å². The van der Waals surface area contributed by atoms with Gasteiger partial charge in [0, 0.05) is 5.39 Å². The van der Waals surface area contributed by atoms with Gasteiger partial charge in [-0.1, -0.05) is 0 Å². The average Bonchev–Trinajstić information content (AvgIpc) is 2.96. The zero-order valence-corrected chi connectivity index (χ0v) is 10.7. The topological polar surface area (TPSA) is 38.3 Å². The number of aryl methyl sites for hydroxylation is 1. The van der Waals surface area contributed by atoms with Gasteiger partial charge in [0.15, 0.2) is 0 Å². The summed E-state index contributed by atoms with van der Waals surface area (Å²) in [4.78, 5) is 0. The van der Waals surface area contributed by atoms with Crippen LogP contribution < -0.4 is 5.32 Å². The average molecular weight is 259 g/mol. The summed E-state index contributed by atoms with van der Waals surface area (Å²) in [6, 6.07) is 9.95. The van der Waals surface area contributed by atoms with E-state index in [4.69, 9.17) is 8.83 Å². The second-order valence-corrected chi connectivity index (χ2v) is 4.50. The van der Waals surface area contributed by atoms with Crippen LogP contribution in [0.5, 0.6) is 0 Å². The van der Waals surface area contributed by atoms with Gasteiger partial charge in [-0.3, -0.25) is 0 Å². The normalized spacial score (nSPS) is 13.0. The zero-order valence-electron chi connectivity index (χ0n) is 10.7. The summed E-state index contributed by atoms with van der Waals surface area (Å²) in [5.41, 5.74) is 0.667. The molecule has 98 valence electrons. The standard InChI is InChI=1S/C15H14FNO2/c1-9-3-5-13(18-9)15(17-2)14-8-10-7-11(16)4-6-12(10)19-14/h3-8,15,17H,1-2H3. The highest BCUT2D eigenvalue weighted by molar-refractivity contribution is 5.78. The van der Waals surface area contributed by atoms with E-state index in [1.54, 1.807) is 6.07 Å². The Morgan fingerprint density at radius 2 is 1.89 bits per heavy atom. The Kier molecular flexibility index (Phi) is 2.87. The fraction of sp³-hybridized carbons (Fsp3) is 0.200. The number of fused-ring (bicyclic) bond motifs is 1. The molecule has 0 saturated carbocycles. The van der Waals surface area contributed by atoms with Crippen LogP contribution in [-0.4, -0.2) is 7.05 Å². The highest BCUT2D eigenvalue weighted by Gasteiger charge is 2.20. The lowest BCUT2D eigenvalue weighted by Gasteiger charge is -2.10. The first-order valence-electron chi connectivity index (χ1n) is 6.10. The molecule has 2 aromatic heterocycles. The molecule has 3 aromatic rings. The van der Waals surface area contributed by atoms with Gasteiger partial charge in [0.05, 0.1) is 0 Å². The van der Waals surface area contributed by atoms with Crippen molar-refractivity contribution < 1.29 is 13.2 Å². The van der Waals surface area contributed by atoms with Crippen molar-refractivity contribution in [2.75, 3.05) is 7.05 Å². The second-order valence-electron chi connectivity index (χ2n) is 4.50. The molecule has 0 aliphatic carbocycles. The zero-order chi connectivity index (χ0) is 13.4. The van der Waals surface area contributed by atoms with Crippen molar-refractivity contribution in [1.29, 1.82) is 0 Å². The van der Waals surface area contributed by atoms with Crippen LogP contribution in [0.2, 0.25) is 0 Å². The molecule has 3 nitrogen and oxygen atoms in total. The van der Waals surface area contributed by atoms with Crippen molar-refractivity contribution in [3.63, 3.8) is 0 Å². The third kappa shape index (κ3) is 2.15. The fourth-order valence-corrected chi connectivity index (χ4v) is 2.21. The van der Waals surface area contributed by atoms with Crippen LogP contribution in [0.1, 0.15) is 23.3 Å². The van der Waals surface area contributed by atoms with Crippen LogP contribution >= 0.6 is 0 Å². The Hall–Kier alpha value is -2.07. The molecule has 1 N–H and O–H groups in total. The minimum atomic E-state index is -0.269.